The van der Waals surface area contributed by atoms with E-state index in [1.807, 2.05) is 42.3 Å². The van der Waals surface area contributed by atoms with Crippen LogP contribution in [0.25, 0.3) is 33.5 Å². The second-order valence-corrected chi connectivity index (χ2v) is 9.58. The van der Waals surface area contributed by atoms with E-state index in [2.05, 4.69) is 5.10 Å². The number of nitrogens with zero attached hydrogens (tertiary/aromatic N) is 7. The van der Waals surface area contributed by atoms with Gasteiger partial charge in [-0.2, -0.15) is 10.2 Å². The number of piperidine rings is 1. The minimum atomic E-state index is -0.921. The molecule has 2 aliphatic rings. The quantitative estimate of drug-likeness (QED) is 0.432. The molecule has 1 amide bonds. The number of hydrogen-bond acceptors (Lipinski definition) is 7. The van der Waals surface area contributed by atoms with E-state index in [1.165, 1.54) is 4.90 Å². The lowest BCUT2D eigenvalue weighted by Crippen LogP contribution is -2.43. The highest BCUT2D eigenvalue weighted by atomic mass is 16.5. The molecule has 0 spiro atoms. The van der Waals surface area contributed by atoms with Crippen molar-refractivity contribution in [3.05, 3.63) is 42.9 Å². The summed E-state index contributed by atoms with van der Waals surface area (Å²) >= 11 is 0. The zero-order chi connectivity index (χ0) is 25.4. The number of hydrogen-bond donors (Lipinski definition) is 1. The molecule has 2 fully saturated rings. The molecule has 0 radical (unpaired) electrons. The Morgan fingerprint density at radius 1 is 1.16 bits per heavy atom. The first-order chi connectivity index (χ1) is 18.0. The van der Waals surface area contributed by atoms with E-state index in [0.29, 0.717) is 31.3 Å². The van der Waals surface area contributed by atoms with Crippen molar-refractivity contribution < 1.29 is 19.4 Å². The largest absolute Gasteiger partial charge is 0.472 e. The fourth-order valence-corrected chi connectivity index (χ4v) is 5.06. The molecule has 2 aliphatic heterocycles. The van der Waals surface area contributed by atoms with Crippen LogP contribution >= 0.6 is 0 Å². The molecule has 192 valence electrons. The van der Waals surface area contributed by atoms with Gasteiger partial charge in [0.15, 0.2) is 6.23 Å². The fourth-order valence-electron chi connectivity index (χ4n) is 5.06. The number of pyridine rings is 2. The molecule has 2 saturated heterocycles. The molecule has 0 aromatic carbocycles. The maximum absolute atomic E-state index is 11.4. The number of carbonyl (C=O) groups is 1. The van der Waals surface area contributed by atoms with Crippen LogP contribution in [0.5, 0.6) is 5.88 Å². The molecule has 0 aliphatic carbocycles. The van der Waals surface area contributed by atoms with E-state index < -0.39 is 6.09 Å². The number of aryl methyl sites for hydroxylation is 1. The van der Waals surface area contributed by atoms with Crippen molar-refractivity contribution in [2.24, 2.45) is 7.05 Å². The number of fused-ring (bicyclic) bond motifs is 1. The van der Waals surface area contributed by atoms with Crippen molar-refractivity contribution in [1.82, 2.24) is 34.4 Å². The maximum atomic E-state index is 11.4. The molecule has 2 unspecified atom stereocenters. The summed E-state index contributed by atoms with van der Waals surface area (Å²) in [5.74, 6) is 0.452. The third-order valence-electron chi connectivity index (χ3n) is 6.92. The first-order valence-corrected chi connectivity index (χ1v) is 12.7. The molecular formula is C26H29N7O4. The Morgan fingerprint density at radius 2 is 2.08 bits per heavy atom. The van der Waals surface area contributed by atoms with Gasteiger partial charge >= 0.3 is 6.09 Å². The first kappa shape index (κ1) is 23.4. The number of ether oxygens (including phenoxy) is 2. The van der Waals surface area contributed by atoms with Gasteiger partial charge in [-0.3, -0.25) is 9.67 Å². The minimum absolute atomic E-state index is 0.153. The van der Waals surface area contributed by atoms with Gasteiger partial charge in [0.2, 0.25) is 5.88 Å². The average Bonchev–Trinajstić information content (AvgIpc) is 3.53. The Morgan fingerprint density at radius 3 is 2.86 bits per heavy atom. The van der Waals surface area contributed by atoms with Crippen LogP contribution in [0.4, 0.5) is 4.79 Å². The molecule has 0 bridgehead atoms. The molecule has 2 atom stereocenters. The highest BCUT2D eigenvalue weighted by molar-refractivity contribution is 5.94. The Bertz CT molecular complexity index is 1430. The molecule has 4 aromatic heterocycles. The van der Waals surface area contributed by atoms with Crippen molar-refractivity contribution in [2.45, 2.75) is 44.4 Å². The van der Waals surface area contributed by atoms with Gasteiger partial charge in [-0.15, -0.1) is 0 Å². The summed E-state index contributed by atoms with van der Waals surface area (Å²) in [6.07, 6.45) is 8.82. The zero-order valence-electron chi connectivity index (χ0n) is 20.7. The fraction of sp³-hybridized carbons (Fsp3) is 0.423. The lowest BCUT2D eigenvalue weighted by Gasteiger charge is -2.30. The Labute approximate surface area is 213 Å². The van der Waals surface area contributed by atoms with Crippen molar-refractivity contribution in [3.63, 3.8) is 0 Å². The summed E-state index contributed by atoms with van der Waals surface area (Å²) in [6, 6.07) is 7.63. The number of aromatic nitrogens is 6. The van der Waals surface area contributed by atoms with Crippen molar-refractivity contribution in [1.29, 1.82) is 0 Å². The summed E-state index contributed by atoms with van der Waals surface area (Å²) in [6.45, 7) is 1.57. The number of rotatable bonds is 5. The molecule has 1 N–H and O–H groups in total. The van der Waals surface area contributed by atoms with Crippen LogP contribution in [0.1, 0.15) is 38.3 Å². The van der Waals surface area contributed by atoms with E-state index in [-0.39, 0.29) is 12.3 Å². The van der Waals surface area contributed by atoms with Crippen LogP contribution in [0, 0.1) is 0 Å². The predicted molar refractivity (Wildman–Crippen MR) is 135 cm³/mol. The zero-order valence-corrected chi connectivity index (χ0v) is 20.7. The predicted octanol–water partition coefficient (Wildman–Crippen LogP) is 4.11. The van der Waals surface area contributed by atoms with E-state index in [1.54, 1.807) is 16.9 Å². The topological polar surface area (TPSA) is 120 Å². The summed E-state index contributed by atoms with van der Waals surface area (Å²) in [5.41, 5.74) is 3.99. The van der Waals surface area contributed by atoms with Gasteiger partial charge in [0.05, 0.1) is 35.8 Å². The molecule has 11 nitrogen and oxygen atoms in total. The van der Waals surface area contributed by atoms with Crippen molar-refractivity contribution >= 4 is 17.0 Å². The third-order valence-corrected chi connectivity index (χ3v) is 6.92. The molecular weight excluding hydrogens is 474 g/mol. The van der Waals surface area contributed by atoms with Gasteiger partial charge in [-0.05, 0) is 44.2 Å². The lowest BCUT2D eigenvalue weighted by molar-refractivity contribution is -0.0365. The average molecular weight is 504 g/mol. The van der Waals surface area contributed by atoms with E-state index in [9.17, 15) is 9.90 Å². The Balaban J connectivity index is 1.38. The lowest BCUT2D eigenvalue weighted by atomic mass is 10.1. The van der Waals surface area contributed by atoms with Crippen LogP contribution in [0.2, 0.25) is 0 Å². The molecule has 4 aromatic rings. The summed E-state index contributed by atoms with van der Waals surface area (Å²) < 4.78 is 15.9. The second kappa shape index (κ2) is 9.81. The second-order valence-electron chi connectivity index (χ2n) is 9.58. The van der Waals surface area contributed by atoms with Crippen LogP contribution in [-0.4, -0.2) is 71.4 Å². The van der Waals surface area contributed by atoms with Crippen LogP contribution < -0.4 is 4.74 Å². The van der Waals surface area contributed by atoms with Gasteiger partial charge in [-0.1, -0.05) is 6.07 Å². The van der Waals surface area contributed by atoms with Gasteiger partial charge in [0.25, 0.3) is 0 Å². The highest BCUT2D eigenvalue weighted by Crippen LogP contribution is 2.34. The monoisotopic (exact) mass is 503 g/mol. The van der Waals surface area contributed by atoms with Crippen LogP contribution in [0.15, 0.2) is 42.9 Å². The Hall–Kier alpha value is -3.99. The number of amides is 1. The molecule has 11 heteroatoms. The number of carboxylic acid groups (broad SMARTS) is 1. The Kier molecular flexibility index (Phi) is 6.21. The highest BCUT2D eigenvalue weighted by Gasteiger charge is 2.26. The van der Waals surface area contributed by atoms with Gasteiger partial charge in [-0.25, -0.2) is 14.5 Å². The normalized spacial score (nSPS) is 20.3. The van der Waals surface area contributed by atoms with E-state index in [4.69, 9.17) is 24.5 Å². The van der Waals surface area contributed by atoms with Crippen LogP contribution in [0.3, 0.4) is 0 Å². The summed E-state index contributed by atoms with van der Waals surface area (Å²) in [7, 11) is 1.88. The van der Waals surface area contributed by atoms with E-state index in [0.717, 1.165) is 60.0 Å². The standard InChI is InChI=1S/C26H29N7O4/c1-31-15-17(13-28-31)21-12-19-22(14-27-21)33(24-9-2-3-11-36-24)30-25(19)20-7-4-8-23(29-20)37-18-6-5-10-32(16-18)26(34)35/h4,7-8,12-15,18,24H,2-3,5-6,9-11,16H2,1H3,(H,34,35). The molecule has 6 heterocycles. The van der Waals surface area contributed by atoms with Gasteiger partial charge in [0, 0.05) is 43.4 Å². The van der Waals surface area contributed by atoms with Gasteiger partial charge < -0.3 is 19.5 Å². The first-order valence-electron chi connectivity index (χ1n) is 12.7. The summed E-state index contributed by atoms with van der Waals surface area (Å²) in [5, 5.41) is 19.5. The van der Waals surface area contributed by atoms with E-state index >= 15 is 0 Å². The molecule has 37 heavy (non-hydrogen) atoms. The van der Waals surface area contributed by atoms with Crippen LogP contribution in [-0.2, 0) is 11.8 Å². The van der Waals surface area contributed by atoms with Crippen molar-refractivity contribution in [3.8, 4) is 28.5 Å². The third kappa shape index (κ3) is 4.74. The smallest absolute Gasteiger partial charge is 0.407 e. The molecule has 0 saturated carbocycles. The van der Waals surface area contributed by atoms with Gasteiger partial charge in [0.1, 0.15) is 11.8 Å². The molecule has 6 rings (SSSR count). The summed E-state index contributed by atoms with van der Waals surface area (Å²) in [4.78, 5) is 22.3. The maximum Gasteiger partial charge on any atom is 0.407 e. The van der Waals surface area contributed by atoms with Crippen molar-refractivity contribution in [2.75, 3.05) is 19.7 Å². The SMILES string of the molecule is Cn1cc(-c2cc3c(-c4cccc(OC5CCCN(C(=O)O)C5)n4)nn(C4CCCCO4)c3cn2)cn1. The minimum Gasteiger partial charge on any atom is -0.472 e. The number of likely N-dealkylation sites (tertiary alicyclic amines) is 1.